The molecule has 8 heteroatoms. The minimum atomic E-state index is -4.39. The van der Waals surface area contributed by atoms with E-state index in [1.165, 1.54) is 6.07 Å². The predicted molar refractivity (Wildman–Crippen MR) is 74.8 cm³/mol. The van der Waals surface area contributed by atoms with Crippen LogP contribution in [-0.2, 0) is 12.7 Å². The highest BCUT2D eigenvalue weighted by Crippen LogP contribution is 2.29. The third-order valence-electron chi connectivity index (χ3n) is 3.61. The predicted octanol–water partition coefficient (Wildman–Crippen LogP) is 3.05. The van der Waals surface area contributed by atoms with Crippen molar-refractivity contribution < 1.29 is 22.3 Å². The fraction of sp³-hybridized carbons (Fsp3) is 0.467. The second-order valence-corrected chi connectivity index (χ2v) is 5.51. The Kier molecular flexibility index (Phi) is 4.25. The van der Waals surface area contributed by atoms with E-state index in [1.54, 1.807) is 6.20 Å². The molecule has 3 rings (SSSR count). The zero-order chi connectivity index (χ0) is 16.4. The summed E-state index contributed by atoms with van der Waals surface area (Å²) in [6.45, 7) is 3.90. The molecule has 3 heterocycles. The Labute approximate surface area is 131 Å². The molecule has 0 saturated carbocycles. The number of likely N-dealkylation sites (tertiary alicyclic amines) is 1. The van der Waals surface area contributed by atoms with Gasteiger partial charge in [-0.15, -0.1) is 0 Å². The fourth-order valence-electron chi connectivity index (χ4n) is 2.49. The number of hydrogen-bond acceptors (Lipinski definition) is 5. The van der Waals surface area contributed by atoms with Gasteiger partial charge in [-0.05, 0) is 19.4 Å². The molecular weight excluding hydrogens is 311 g/mol. The van der Waals surface area contributed by atoms with Crippen LogP contribution in [-0.4, -0.2) is 34.1 Å². The average molecular weight is 327 g/mol. The first kappa shape index (κ1) is 15.8. The van der Waals surface area contributed by atoms with E-state index < -0.39 is 11.7 Å². The van der Waals surface area contributed by atoms with Crippen LogP contribution in [0.2, 0.25) is 0 Å². The van der Waals surface area contributed by atoms with Crippen molar-refractivity contribution >= 4 is 0 Å². The molecule has 0 unspecified atom stereocenters. The minimum absolute atomic E-state index is 0.102. The summed E-state index contributed by atoms with van der Waals surface area (Å²) in [6.07, 6.45) is -1.25. The van der Waals surface area contributed by atoms with E-state index in [2.05, 4.69) is 14.9 Å². The van der Waals surface area contributed by atoms with Crippen LogP contribution >= 0.6 is 0 Å². The maximum atomic E-state index is 12.5. The van der Waals surface area contributed by atoms with Crippen molar-refractivity contribution in [2.24, 2.45) is 0 Å². The van der Waals surface area contributed by atoms with Crippen LogP contribution in [0.25, 0.3) is 0 Å². The van der Waals surface area contributed by atoms with E-state index in [4.69, 9.17) is 9.15 Å². The largest absolute Gasteiger partial charge is 0.473 e. The summed E-state index contributed by atoms with van der Waals surface area (Å²) in [5.74, 6) is 1.62. The van der Waals surface area contributed by atoms with Gasteiger partial charge in [-0.2, -0.15) is 13.2 Å². The Morgan fingerprint density at radius 3 is 2.74 bits per heavy atom. The summed E-state index contributed by atoms with van der Waals surface area (Å²) in [7, 11) is 0. The molecule has 0 radical (unpaired) electrons. The van der Waals surface area contributed by atoms with Crippen LogP contribution in [0, 0.1) is 6.92 Å². The van der Waals surface area contributed by atoms with E-state index in [0.29, 0.717) is 19.0 Å². The van der Waals surface area contributed by atoms with Gasteiger partial charge in [0.15, 0.2) is 0 Å². The molecule has 1 aliphatic heterocycles. The van der Waals surface area contributed by atoms with Gasteiger partial charge in [0.25, 0.3) is 0 Å². The molecule has 0 spiro atoms. The third-order valence-corrected chi connectivity index (χ3v) is 3.61. The molecule has 1 aliphatic rings. The summed E-state index contributed by atoms with van der Waals surface area (Å²) >= 11 is 0. The van der Waals surface area contributed by atoms with Crippen LogP contribution in [0.1, 0.15) is 23.6 Å². The Morgan fingerprint density at radius 2 is 2.13 bits per heavy atom. The second kappa shape index (κ2) is 6.19. The molecule has 2 aromatic heterocycles. The molecule has 0 aromatic carbocycles. The molecule has 0 N–H and O–H groups in total. The molecule has 1 fully saturated rings. The molecule has 0 amide bonds. The highest BCUT2D eigenvalue weighted by Gasteiger charge is 2.31. The third kappa shape index (κ3) is 4.01. The van der Waals surface area contributed by atoms with Crippen molar-refractivity contribution in [3.63, 3.8) is 0 Å². The lowest BCUT2D eigenvalue weighted by atomic mass is 10.3. The summed E-state index contributed by atoms with van der Waals surface area (Å²) in [5.41, 5.74) is -0.780. The smallest absolute Gasteiger partial charge is 0.417 e. The van der Waals surface area contributed by atoms with Gasteiger partial charge in [-0.25, -0.2) is 9.97 Å². The van der Waals surface area contributed by atoms with Crippen LogP contribution in [0.4, 0.5) is 13.2 Å². The molecule has 1 atom stereocenters. The lowest BCUT2D eigenvalue weighted by Gasteiger charge is -2.15. The molecule has 5 nitrogen and oxygen atoms in total. The van der Waals surface area contributed by atoms with Crippen molar-refractivity contribution in [3.05, 3.63) is 41.7 Å². The number of hydrogen-bond donors (Lipinski definition) is 0. The summed E-state index contributed by atoms with van der Waals surface area (Å²) in [4.78, 5) is 10.0. The number of rotatable bonds is 4. The van der Waals surface area contributed by atoms with Gasteiger partial charge in [0.1, 0.15) is 11.9 Å². The molecule has 0 aliphatic carbocycles. The molecule has 124 valence electrons. The molecular formula is C15H16F3N3O2. The highest BCUT2D eigenvalue weighted by atomic mass is 19.4. The Balaban J connectivity index is 1.53. The van der Waals surface area contributed by atoms with Gasteiger partial charge >= 0.3 is 6.18 Å². The zero-order valence-electron chi connectivity index (χ0n) is 12.5. The van der Waals surface area contributed by atoms with Gasteiger partial charge in [0.2, 0.25) is 11.8 Å². The van der Waals surface area contributed by atoms with E-state index >= 15 is 0 Å². The van der Waals surface area contributed by atoms with Gasteiger partial charge in [0, 0.05) is 25.4 Å². The standard InChI is InChI=1S/C15H16F3N3O2/c1-10-6-19-14(22-10)9-21-5-4-12(8-21)23-13-3-2-11(7-20-13)15(16,17)18/h2-3,6-7,12H,4-5,8-9H2,1H3/t12-/m0/s1. The first-order chi connectivity index (χ1) is 10.9. The van der Waals surface area contributed by atoms with Gasteiger partial charge in [-0.3, -0.25) is 4.90 Å². The van der Waals surface area contributed by atoms with E-state index in [0.717, 1.165) is 31.0 Å². The maximum Gasteiger partial charge on any atom is 0.417 e. The molecule has 2 aromatic rings. The van der Waals surface area contributed by atoms with Crippen LogP contribution in [0.15, 0.2) is 28.9 Å². The first-order valence-electron chi connectivity index (χ1n) is 7.24. The van der Waals surface area contributed by atoms with Crippen molar-refractivity contribution in [1.29, 1.82) is 0 Å². The van der Waals surface area contributed by atoms with Gasteiger partial charge in [0.05, 0.1) is 18.3 Å². The number of pyridine rings is 1. The normalized spacial score (nSPS) is 19.2. The number of ether oxygens (including phenoxy) is 1. The van der Waals surface area contributed by atoms with Crippen LogP contribution in [0.3, 0.4) is 0 Å². The number of halogens is 3. The monoisotopic (exact) mass is 327 g/mol. The number of aryl methyl sites for hydroxylation is 1. The lowest BCUT2D eigenvalue weighted by Crippen LogP contribution is -2.25. The SMILES string of the molecule is Cc1cnc(CN2CC[C@H](Oc3ccc(C(F)(F)F)cn3)C2)o1. The number of alkyl halides is 3. The van der Waals surface area contributed by atoms with Gasteiger partial charge < -0.3 is 9.15 Å². The molecule has 0 bridgehead atoms. The van der Waals surface area contributed by atoms with Crippen LogP contribution in [0.5, 0.6) is 5.88 Å². The number of aromatic nitrogens is 2. The van der Waals surface area contributed by atoms with Crippen molar-refractivity contribution in [2.75, 3.05) is 13.1 Å². The van der Waals surface area contributed by atoms with E-state index in [9.17, 15) is 13.2 Å². The first-order valence-corrected chi connectivity index (χ1v) is 7.24. The fourth-order valence-corrected chi connectivity index (χ4v) is 2.49. The van der Waals surface area contributed by atoms with E-state index in [1.807, 2.05) is 6.92 Å². The Morgan fingerprint density at radius 1 is 1.30 bits per heavy atom. The summed E-state index contributed by atoms with van der Waals surface area (Å²) in [5, 5.41) is 0. The summed E-state index contributed by atoms with van der Waals surface area (Å²) in [6, 6.07) is 2.23. The van der Waals surface area contributed by atoms with Crippen LogP contribution < -0.4 is 4.74 Å². The second-order valence-electron chi connectivity index (χ2n) is 5.51. The Hall–Kier alpha value is -2.09. The Bertz CT molecular complexity index is 655. The maximum absolute atomic E-state index is 12.5. The lowest BCUT2D eigenvalue weighted by molar-refractivity contribution is -0.137. The highest BCUT2D eigenvalue weighted by molar-refractivity contribution is 5.20. The van der Waals surface area contributed by atoms with Crippen molar-refractivity contribution in [3.8, 4) is 5.88 Å². The number of oxazole rings is 1. The topological polar surface area (TPSA) is 51.4 Å². The molecule has 1 saturated heterocycles. The van der Waals surface area contributed by atoms with Crippen molar-refractivity contribution in [2.45, 2.75) is 32.2 Å². The quantitative estimate of drug-likeness (QED) is 0.864. The average Bonchev–Trinajstić information content (AvgIpc) is 3.08. The van der Waals surface area contributed by atoms with Crippen molar-refractivity contribution in [1.82, 2.24) is 14.9 Å². The minimum Gasteiger partial charge on any atom is -0.473 e. The summed E-state index contributed by atoms with van der Waals surface area (Å²) < 4.78 is 48.5. The van der Waals surface area contributed by atoms with Gasteiger partial charge in [-0.1, -0.05) is 0 Å². The zero-order valence-corrected chi connectivity index (χ0v) is 12.5. The number of nitrogens with zero attached hydrogens (tertiary/aromatic N) is 3. The molecule has 23 heavy (non-hydrogen) atoms. The van der Waals surface area contributed by atoms with E-state index in [-0.39, 0.29) is 12.0 Å².